The first-order valence-electron chi connectivity index (χ1n) is 4.93. The maximum Gasteiger partial charge on any atom is 0.348 e. The molecule has 1 nitrogen and oxygen atoms in total. The van der Waals surface area contributed by atoms with E-state index in [1.807, 2.05) is 6.07 Å². The van der Waals surface area contributed by atoms with Crippen molar-refractivity contribution in [2.45, 2.75) is 26.2 Å². The van der Waals surface area contributed by atoms with Gasteiger partial charge >= 0.3 is 15.3 Å². The van der Waals surface area contributed by atoms with Crippen molar-refractivity contribution in [3.05, 3.63) is 35.3 Å². The fourth-order valence-corrected chi connectivity index (χ4v) is 3.89. The zero-order valence-electron chi connectivity index (χ0n) is 9.15. The van der Waals surface area contributed by atoms with Gasteiger partial charge in [-0.2, -0.15) is 4.98 Å². The number of aromatic nitrogens is 1. The molecule has 0 saturated heterocycles. The van der Waals surface area contributed by atoms with Crippen molar-refractivity contribution in [1.82, 2.24) is 4.98 Å². The maximum atomic E-state index is 4.69. The van der Waals surface area contributed by atoms with Crippen LogP contribution in [0.3, 0.4) is 0 Å². The van der Waals surface area contributed by atoms with Crippen molar-refractivity contribution < 1.29 is 0 Å². The summed E-state index contributed by atoms with van der Waals surface area (Å²) in [5.74, 6) is 0. The molecule has 15 heavy (non-hydrogen) atoms. The molecule has 1 aromatic carbocycles. The van der Waals surface area contributed by atoms with Crippen molar-refractivity contribution in [3.8, 4) is 10.6 Å². The van der Waals surface area contributed by atoms with Gasteiger partial charge in [0.25, 0.3) is 0 Å². The predicted octanol–water partition coefficient (Wildman–Crippen LogP) is 4.45. The second-order valence-electron chi connectivity index (χ2n) is 4.50. The molecule has 2 aromatic rings. The summed E-state index contributed by atoms with van der Waals surface area (Å²) in [4.78, 5) is 4.69. The van der Waals surface area contributed by atoms with Crippen LogP contribution in [-0.4, -0.2) is 4.98 Å². The Morgan fingerprint density at radius 2 is 1.80 bits per heavy atom. The monoisotopic (exact) mass is 236 g/mol. The van der Waals surface area contributed by atoms with Gasteiger partial charge < -0.3 is 0 Å². The molecule has 0 aliphatic rings. The minimum atomic E-state index is 0.161. The number of benzene rings is 1. The van der Waals surface area contributed by atoms with Crippen LogP contribution in [0.25, 0.3) is 10.6 Å². The van der Waals surface area contributed by atoms with E-state index in [1.54, 1.807) is 20.7 Å². The van der Waals surface area contributed by atoms with E-state index in [0.717, 1.165) is 5.01 Å². The van der Waals surface area contributed by atoms with Crippen LogP contribution in [0.1, 0.15) is 25.8 Å². The third kappa shape index (κ3) is 2.41. The molecule has 0 fully saturated rings. The highest BCUT2D eigenvalue weighted by Gasteiger charge is 2.26. The fraction of sp³-hybridized carbons (Fsp3) is 0.333. The number of hydrogen-bond donors (Lipinski definition) is 0. The van der Waals surface area contributed by atoms with Gasteiger partial charge in [-0.3, -0.25) is 0 Å². The van der Waals surface area contributed by atoms with E-state index in [-0.39, 0.29) is 5.41 Å². The standard InChI is InChI=1S/C12H14NS2/c1-12(2,3)11-13-10(14-15-11)9-7-5-4-6-8-9/h4-8H,1-3H3/q+1. The normalized spacial score (nSPS) is 11.7. The molecular weight excluding hydrogens is 222 g/mol. The Balaban J connectivity index is 2.37. The Morgan fingerprint density at radius 3 is 2.33 bits per heavy atom. The Morgan fingerprint density at radius 1 is 1.13 bits per heavy atom. The molecule has 0 bridgehead atoms. The second kappa shape index (κ2) is 3.99. The summed E-state index contributed by atoms with van der Waals surface area (Å²) in [7, 11) is 3.54. The lowest BCUT2D eigenvalue weighted by Crippen LogP contribution is -2.10. The molecule has 1 aromatic heterocycles. The highest BCUT2D eigenvalue weighted by molar-refractivity contribution is 7.70. The number of rotatable bonds is 1. The van der Waals surface area contributed by atoms with Gasteiger partial charge in [0, 0.05) is 5.41 Å². The molecule has 0 N–H and O–H groups in total. The van der Waals surface area contributed by atoms with Crippen molar-refractivity contribution in [3.63, 3.8) is 0 Å². The fourth-order valence-electron chi connectivity index (χ4n) is 1.19. The molecule has 0 radical (unpaired) electrons. The summed E-state index contributed by atoms with van der Waals surface area (Å²) in [6, 6.07) is 10.4. The Hall–Kier alpha value is -0.800. The summed E-state index contributed by atoms with van der Waals surface area (Å²) < 4.78 is 0. The third-order valence-electron chi connectivity index (χ3n) is 2.06. The van der Waals surface area contributed by atoms with Crippen LogP contribution in [0.2, 0.25) is 0 Å². The van der Waals surface area contributed by atoms with E-state index in [1.165, 1.54) is 10.6 Å². The second-order valence-corrected chi connectivity index (χ2v) is 6.61. The third-order valence-corrected chi connectivity index (χ3v) is 4.69. The van der Waals surface area contributed by atoms with Gasteiger partial charge in [-0.25, -0.2) is 0 Å². The smallest absolute Gasteiger partial charge is 0.180 e. The topological polar surface area (TPSA) is 12.9 Å². The molecule has 0 spiro atoms. The predicted molar refractivity (Wildman–Crippen MR) is 68.5 cm³/mol. The first-order chi connectivity index (χ1) is 7.07. The van der Waals surface area contributed by atoms with Crippen LogP contribution in [0, 0.1) is 0 Å². The van der Waals surface area contributed by atoms with E-state index >= 15 is 0 Å². The lowest BCUT2D eigenvalue weighted by Gasteiger charge is -2.10. The van der Waals surface area contributed by atoms with Gasteiger partial charge in [-0.05, 0) is 12.1 Å². The molecule has 3 heteroatoms. The minimum Gasteiger partial charge on any atom is -0.180 e. The highest BCUT2D eigenvalue weighted by Crippen LogP contribution is 2.33. The molecule has 0 unspecified atom stereocenters. The molecule has 0 amide bonds. The van der Waals surface area contributed by atoms with Crippen LogP contribution in [0.15, 0.2) is 30.3 Å². The van der Waals surface area contributed by atoms with Gasteiger partial charge in [0.1, 0.15) is 0 Å². The van der Waals surface area contributed by atoms with Gasteiger partial charge in [-0.15, -0.1) is 0 Å². The Labute approximate surface area is 97.8 Å². The van der Waals surface area contributed by atoms with Crippen LogP contribution < -0.4 is 0 Å². The molecule has 1 heterocycles. The van der Waals surface area contributed by atoms with Crippen LogP contribution in [0.4, 0.5) is 0 Å². The lowest BCUT2D eigenvalue weighted by atomic mass is 9.98. The van der Waals surface area contributed by atoms with E-state index < -0.39 is 0 Å². The van der Waals surface area contributed by atoms with Crippen LogP contribution in [-0.2, 0) is 5.41 Å². The molecule has 78 valence electrons. The minimum absolute atomic E-state index is 0.161. The SMILES string of the molecule is CC(C)(C)c1nc(-c2ccccc2)[s+]s1. The van der Waals surface area contributed by atoms with Crippen LogP contribution >= 0.6 is 20.7 Å². The molecule has 0 aliphatic heterocycles. The Bertz CT molecular complexity index is 440. The summed E-state index contributed by atoms with van der Waals surface area (Å²) >= 11 is 0. The molecular formula is C12H14NS2+. The summed E-state index contributed by atoms with van der Waals surface area (Å²) in [6.07, 6.45) is 0. The first kappa shape index (κ1) is 10.7. The Kier molecular flexibility index (Phi) is 2.85. The zero-order valence-corrected chi connectivity index (χ0v) is 10.8. The lowest BCUT2D eigenvalue weighted by molar-refractivity contribution is 0.586. The summed E-state index contributed by atoms with van der Waals surface area (Å²) in [5.41, 5.74) is 1.38. The summed E-state index contributed by atoms with van der Waals surface area (Å²) in [6.45, 7) is 6.61. The average molecular weight is 236 g/mol. The molecule has 0 atom stereocenters. The van der Waals surface area contributed by atoms with Gasteiger partial charge in [0.05, 0.1) is 5.56 Å². The van der Waals surface area contributed by atoms with Gasteiger partial charge in [0.15, 0.2) is 15.3 Å². The first-order valence-corrected chi connectivity index (χ1v) is 7.08. The van der Waals surface area contributed by atoms with Crippen molar-refractivity contribution >= 4 is 20.7 Å². The van der Waals surface area contributed by atoms with E-state index in [2.05, 4.69) is 50.0 Å². The zero-order chi connectivity index (χ0) is 10.9. The highest BCUT2D eigenvalue weighted by atomic mass is 32.9. The molecule has 2 rings (SSSR count). The number of hydrogen-bond acceptors (Lipinski definition) is 2. The van der Waals surface area contributed by atoms with E-state index in [9.17, 15) is 0 Å². The van der Waals surface area contributed by atoms with E-state index in [0.29, 0.717) is 0 Å². The van der Waals surface area contributed by atoms with Crippen molar-refractivity contribution in [2.75, 3.05) is 0 Å². The van der Waals surface area contributed by atoms with Crippen LogP contribution in [0.5, 0.6) is 0 Å². The maximum absolute atomic E-state index is 4.69. The summed E-state index contributed by atoms with van der Waals surface area (Å²) in [5, 5.41) is 2.34. The quantitative estimate of drug-likeness (QED) is 0.526. The molecule has 0 saturated carbocycles. The average Bonchev–Trinajstić information content (AvgIpc) is 2.67. The van der Waals surface area contributed by atoms with Crippen molar-refractivity contribution in [1.29, 1.82) is 0 Å². The molecule has 0 aliphatic carbocycles. The number of nitrogens with zero attached hydrogens (tertiary/aromatic N) is 1. The van der Waals surface area contributed by atoms with Crippen molar-refractivity contribution in [2.24, 2.45) is 0 Å². The van der Waals surface area contributed by atoms with Gasteiger partial charge in [0.2, 0.25) is 0 Å². The van der Waals surface area contributed by atoms with E-state index in [4.69, 9.17) is 0 Å². The largest absolute Gasteiger partial charge is 0.348 e. The van der Waals surface area contributed by atoms with Gasteiger partial charge in [-0.1, -0.05) is 39.0 Å².